The summed E-state index contributed by atoms with van der Waals surface area (Å²) in [4.78, 5) is 5.62. The summed E-state index contributed by atoms with van der Waals surface area (Å²) in [5, 5.41) is 9.66. The molecular weight excluding hydrogens is 326 g/mol. The van der Waals surface area contributed by atoms with Crippen molar-refractivity contribution in [2.75, 3.05) is 6.54 Å². The molecule has 0 saturated heterocycles. The van der Waals surface area contributed by atoms with Crippen LogP contribution in [0.5, 0.6) is 0 Å². The number of thiophene rings is 1. The Balaban J connectivity index is 1.81. The van der Waals surface area contributed by atoms with E-state index in [0.717, 1.165) is 28.2 Å². The van der Waals surface area contributed by atoms with Gasteiger partial charge in [0.25, 0.3) is 0 Å². The molecule has 0 spiro atoms. The largest absolute Gasteiger partial charge is 0.339 e. The van der Waals surface area contributed by atoms with E-state index in [1.807, 2.05) is 11.4 Å². The van der Waals surface area contributed by atoms with Crippen LogP contribution in [0.2, 0.25) is 0 Å². The van der Waals surface area contributed by atoms with E-state index in [-0.39, 0.29) is 0 Å². The maximum absolute atomic E-state index is 5.48. The summed E-state index contributed by atoms with van der Waals surface area (Å²) in [7, 11) is 0. The van der Waals surface area contributed by atoms with Gasteiger partial charge in [-0.2, -0.15) is 4.98 Å². The van der Waals surface area contributed by atoms with Gasteiger partial charge in [-0.1, -0.05) is 18.5 Å². The van der Waals surface area contributed by atoms with Crippen LogP contribution in [-0.2, 0) is 0 Å². The zero-order valence-corrected chi connectivity index (χ0v) is 13.1. The topological polar surface area (TPSA) is 51.0 Å². The number of likely N-dealkylation sites (N-methyl/N-ethyl adjacent to an activating group) is 1. The molecule has 0 amide bonds. The second-order valence-corrected chi connectivity index (χ2v) is 6.61. The molecule has 1 aliphatic rings. The molecule has 2 atom stereocenters. The Bertz CT molecular complexity index is 554. The van der Waals surface area contributed by atoms with Gasteiger partial charge in [0.1, 0.15) is 0 Å². The van der Waals surface area contributed by atoms with Crippen LogP contribution in [0.25, 0.3) is 10.7 Å². The number of nitrogens with one attached hydrogen (secondary N) is 1. The lowest BCUT2D eigenvalue weighted by molar-refractivity contribution is 0.332. The second-order valence-electron chi connectivity index (χ2n) is 4.79. The van der Waals surface area contributed by atoms with E-state index in [1.54, 1.807) is 11.3 Å². The fraction of sp³-hybridized carbons (Fsp3) is 0.538. The zero-order valence-electron chi connectivity index (χ0n) is 10.7. The first-order valence-corrected chi connectivity index (χ1v) is 8.26. The van der Waals surface area contributed by atoms with Gasteiger partial charge >= 0.3 is 0 Å². The van der Waals surface area contributed by atoms with E-state index < -0.39 is 0 Å². The molecule has 0 aliphatic heterocycles. The van der Waals surface area contributed by atoms with Crippen LogP contribution in [0.15, 0.2) is 20.4 Å². The fourth-order valence-electron chi connectivity index (χ4n) is 2.68. The van der Waals surface area contributed by atoms with Gasteiger partial charge in [-0.05, 0) is 41.4 Å². The Morgan fingerprint density at radius 2 is 2.42 bits per heavy atom. The Morgan fingerprint density at radius 1 is 1.53 bits per heavy atom. The van der Waals surface area contributed by atoms with E-state index in [4.69, 9.17) is 4.52 Å². The van der Waals surface area contributed by atoms with E-state index in [2.05, 4.69) is 38.3 Å². The highest BCUT2D eigenvalue weighted by Crippen LogP contribution is 2.35. The predicted octanol–water partition coefficient (Wildman–Crippen LogP) is 3.81. The summed E-state index contributed by atoms with van der Waals surface area (Å²) in [5.74, 6) is 1.85. The van der Waals surface area contributed by atoms with Crippen molar-refractivity contribution in [3.8, 4) is 10.7 Å². The highest BCUT2D eigenvalue weighted by molar-refractivity contribution is 9.10. The monoisotopic (exact) mass is 341 g/mol. The van der Waals surface area contributed by atoms with Crippen molar-refractivity contribution < 1.29 is 4.52 Å². The van der Waals surface area contributed by atoms with Crippen LogP contribution >= 0.6 is 27.3 Å². The van der Waals surface area contributed by atoms with Gasteiger partial charge in [0, 0.05) is 15.9 Å². The molecule has 0 aromatic carbocycles. The number of halogens is 1. The Morgan fingerprint density at radius 3 is 3.16 bits per heavy atom. The summed E-state index contributed by atoms with van der Waals surface area (Å²) >= 11 is 5.07. The summed E-state index contributed by atoms with van der Waals surface area (Å²) < 4.78 is 6.54. The molecule has 19 heavy (non-hydrogen) atoms. The Kier molecular flexibility index (Phi) is 4.00. The van der Waals surface area contributed by atoms with Crippen molar-refractivity contribution in [2.24, 2.45) is 0 Å². The van der Waals surface area contributed by atoms with Gasteiger partial charge in [-0.15, -0.1) is 11.3 Å². The second kappa shape index (κ2) is 5.73. The first-order valence-electron chi connectivity index (χ1n) is 6.59. The van der Waals surface area contributed by atoms with E-state index in [0.29, 0.717) is 17.8 Å². The highest BCUT2D eigenvalue weighted by Gasteiger charge is 2.32. The average molecular weight is 342 g/mol. The quantitative estimate of drug-likeness (QED) is 0.918. The van der Waals surface area contributed by atoms with E-state index >= 15 is 0 Å². The minimum atomic E-state index is 0.365. The molecule has 2 aromatic rings. The standard InChI is InChI=1S/C13H16BrN3OS/c1-2-15-10-5-3-4-9(10)13-16-12(17-18-13)11-6-8(14)7-19-11/h6-7,9-10,15H,2-5H2,1H3. The molecule has 0 bridgehead atoms. The molecule has 2 unspecified atom stereocenters. The summed E-state index contributed by atoms with van der Waals surface area (Å²) in [6.07, 6.45) is 3.55. The van der Waals surface area contributed by atoms with Crippen molar-refractivity contribution >= 4 is 27.3 Å². The molecule has 102 valence electrons. The zero-order chi connectivity index (χ0) is 13.2. The number of hydrogen-bond donors (Lipinski definition) is 1. The smallest absolute Gasteiger partial charge is 0.231 e. The van der Waals surface area contributed by atoms with Crippen LogP contribution in [-0.4, -0.2) is 22.7 Å². The third-order valence-electron chi connectivity index (χ3n) is 3.53. The van der Waals surface area contributed by atoms with Gasteiger partial charge in [-0.3, -0.25) is 0 Å². The van der Waals surface area contributed by atoms with Crippen molar-refractivity contribution in [1.29, 1.82) is 0 Å². The van der Waals surface area contributed by atoms with Gasteiger partial charge in [0.15, 0.2) is 0 Å². The Labute approximate surface area is 124 Å². The van der Waals surface area contributed by atoms with Crippen LogP contribution in [0.1, 0.15) is 38.0 Å². The van der Waals surface area contributed by atoms with Crippen LogP contribution in [0.4, 0.5) is 0 Å². The lowest BCUT2D eigenvalue weighted by atomic mass is 10.0. The third kappa shape index (κ3) is 2.75. The normalized spacial score (nSPS) is 23.1. The Hall–Kier alpha value is -0.720. The third-order valence-corrected chi connectivity index (χ3v) is 5.22. The minimum Gasteiger partial charge on any atom is -0.339 e. The maximum atomic E-state index is 5.48. The predicted molar refractivity (Wildman–Crippen MR) is 79.4 cm³/mol. The van der Waals surface area contributed by atoms with Crippen LogP contribution in [0.3, 0.4) is 0 Å². The molecule has 6 heteroatoms. The molecule has 1 fully saturated rings. The van der Waals surface area contributed by atoms with E-state index in [1.165, 1.54) is 12.8 Å². The number of hydrogen-bond acceptors (Lipinski definition) is 5. The molecule has 4 nitrogen and oxygen atoms in total. The number of nitrogens with zero attached hydrogens (tertiary/aromatic N) is 2. The first-order chi connectivity index (χ1) is 9.28. The molecule has 2 heterocycles. The van der Waals surface area contributed by atoms with Crippen molar-refractivity contribution in [3.63, 3.8) is 0 Å². The lowest BCUT2D eigenvalue weighted by Crippen LogP contribution is -2.31. The minimum absolute atomic E-state index is 0.365. The molecule has 3 rings (SSSR count). The van der Waals surface area contributed by atoms with Gasteiger partial charge in [-0.25, -0.2) is 0 Å². The first kappa shape index (κ1) is 13.3. The SMILES string of the molecule is CCNC1CCCC1c1nc(-c2cc(Br)cs2)no1. The van der Waals surface area contributed by atoms with Crippen LogP contribution < -0.4 is 5.32 Å². The van der Waals surface area contributed by atoms with Gasteiger partial charge in [0.05, 0.1) is 10.8 Å². The number of aromatic nitrogens is 2. The summed E-state index contributed by atoms with van der Waals surface area (Å²) in [6.45, 7) is 3.12. The summed E-state index contributed by atoms with van der Waals surface area (Å²) in [6, 6.07) is 2.50. The van der Waals surface area contributed by atoms with Crippen molar-refractivity contribution in [2.45, 2.75) is 38.1 Å². The molecule has 0 radical (unpaired) electrons. The molecule has 1 saturated carbocycles. The lowest BCUT2D eigenvalue weighted by Gasteiger charge is -2.16. The summed E-state index contributed by atoms with van der Waals surface area (Å²) in [5.41, 5.74) is 0. The maximum Gasteiger partial charge on any atom is 0.231 e. The van der Waals surface area contributed by atoms with Crippen molar-refractivity contribution in [3.05, 3.63) is 21.8 Å². The molecule has 2 aromatic heterocycles. The molecular formula is C13H16BrN3OS. The van der Waals surface area contributed by atoms with Crippen LogP contribution in [0, 0.1) is 0 Å². The van der Waals surface area contributed by atoms with Crippen molar-refractivity contribution in [1.82, 2.24) is 15.5 Å². The van der Waals surface area contributed by atoms with Gasteiger partial charge in [0.2, 0.25) is 11.7 Å². The highest BCUT2D eigenvalue weighted by atomic mass is 79.9. The molecule has 1 N–H and O–H groups in total. The number of rotatable bonds is 4. The average Bonchev–Trinajstić information content (AvgIpc) is 3.07. The molecule has 1 aliphatic carbocycles. The van der Waals surface area contributed by atoms with E-state index in [9.17, 15) is 0 Å². The fourth-order valence-corrected chi connectivity index (χ4v) is 4.03. The van der Waals surface area contributed by atoms with Gasteiger partial charge < -0.3 is 9.84 Å².